The highest BCUT2D eigenvalue weighted by atomic mass is 15.0. The van der Waals surface area contributed by atoms with E-state index in [9.17, 15) is 0 Å². The zero-order valence-electron chi connectivity index (χ0n) is 10.5. The molecule has 0 N–H and O–H groups in total. The lowest BCUT2D eigenvalue weighted by Crippen LogP contribution is -1.97. The Morgan fingerprint density at radius 1 is 1.21 bits per heavy atom. The number of nitrogens with zero attached hydrogens (tertiary/aromatic N) is 4. The first-order chi connectivity index (χ1) is 9.31. The molecule has 3 rings (SSSR count). The fourth-order valence-corrected chi connectivity index (χ4v) is 2.27. The second-order valence-electron chi connectivity index (χ2n) is 4.32. The second kappa shape index (κ2) is 4.54. The largest absolute Gasteiger partial charge is 0.300 e. The minimum Gasteiger partial charge on any atom is -0.300 e. The summed E-state index contributed by atoms with van der Waals surface area (Å²) in [5.41, 5.74) is 4.41. The Labute approximate surface area is 111 Å². The molecule has 0 bridgehead atoms. The van der Waals surface area contributed by atoms with Gasteiger partial charge in [0, 0.05) is 11.9 Å². The van der Waals surface area contributed by atoms with Gasteiger partial charge in [0.05, 0.1) is 23.9 Å². The third kappa shape index (κ3) is 1.85. The number of imidazole rings is 1. The summed E-state index contributed by atoms with van der Waals surface area (Å²) in [6.07, 6.45) is 2.06. The summed E-state index contributed by atoms with van der Waals surface area (Å²) in [4.78, 5) is 8.94. The molecule has 3 heterocycles. The van der Waals surface area contributed by atoms with Crippen LogP contribution in [0, 0.1) is 18.3 Å². The highest BCUT2D eigenvalue weighted by molar-refractivity contribution is 5.64. The van der Waals surface area contributed by atoms with E-state index in [1.54, 1.807) is 6.20 Å². The number of aromatic nitrogens is 3. The first-order valence-electron chi connectivity index (χ1n) is 6.06. The van der Waals surface area contributed by atoms with Gasteiger partial charge >= 0.3 is 0 Å². The fourth-order valence-electron chi connectivity index (χ4n) is 2.27. The number of pyridine rings is 2. The van der Waals surface area contributed by atoms with Crippen LogP contribution in [0.1, 0.15) is 11.4 Å². The highest BCUT2D eigenvalue weighted by Crippen LogP contribution is 2.24. The van der Waals surface area contributed by atoms with E-state index < -0.39 is 0 Å². The van der Waals surface area contributed by atoms with Crippen molar-refractivity contribution in [3.05, 3.63) is 54.0 Å². The molecule has 0 aliphatic carbocycles. The van der Waals surface area contributed by atoms with E-state index in [1.807, 2.05) is 47.7 Å². The molecule has 92 valence electrons. The van der Waals surface area contributed by atoms with Gasteiger partial charge in [0.1, 0.15) is 11.3 Å². The molecule has 0 saturated heterocycles. The molecule has 0 amide bonds. The molecule has 0 aliphatic rings. The van der Waals surface area contributed by atoms with E-state index in [0.29, 0.717) is 6.42 Å². The van der Waals surface area contributed by atoms with Crippen LogP contribution >= 0.6 is 0 Å². The number of rotatable bonds is 2. The molecule has 0 aliphatic heterocycles. The van der Waals surface area contributed by atoms with E-state index >= 15 is 0 Å². The summed E-state index contributed by atoms with van der Waals surface area (Å²) in [5, 5.41) is 9.05. The zero-order valence-corrected chi connectivity index (χ0v) is 10.5. The molecule has 0 saturated carbocycles. The van der Waals surface area contributed by atoms with Gasteiger partial charge in [-0.05, 0) is 31.2 Å². The maximum atomic E-state index is 9.05. The van der Waals surface area contributed by atoms with Crippen LogP contribution in [-0.4, -0.2) is 14.4 Å². The van der Waals surface area contributed by atoms with Crippen LogP contribution in [0.3, 0.4) is 0 Å². The molecule has 0 aromatic carbocycles. The molecule has 19 heavy (non-hydrogen) atoms. The Morgan fingerprint density at radius 3 is 2.84 bits per heavy atom. The van der Waals surface area contributed by atoms with Crippen LogP contribution in [0.5, 0.6) is 0 Å². The van der Waals surface area contributed by atoms with E-state index in [0.717, 1.165) is 28.4 Å². The molecule has 0 spiro atoms. The summed E-state index contributed by atoms with van der Waals surface area (Å²) in [5.74, 6) is 0. The van der Waals surface area contributed by atoms with Crippen LogP contribution in [0.4, 0.5) is 0 Å². The van der Waals surface area contributed by atoms with Gasteiger partial charge in [-0.2, -0.15) is 5.26 Å². The lowest BCUT2D eigenvalue weighted by molar-refractivity contribution is 1.00. The SMILES string of the molecule is Cc1cccc2nc(-c3ccccn3)c(CC#N)n12. The zero-order chi connectivity index (χ0) is 13.2. The van der Waals surface area contributed by atoms with Gasteiger partial charge in [-0.3, -0.25) is 9.38 Å². The fraction of sp³-hybridized carbons (Fsp3) is 0.133. The smallest absolute Gasteiger partial charge is 0.137 e. The maximum Gasteiger partial charge on any atom is 0.137 e. The quantitative estimate of drug-likeness (QED) is 0.700. The number of fused-ring (bicyclic) bond motifs is 1. The second-order valence-corrected chi connectivity index (χ2v) is 4.32. The first-order valence-corrected chi connectivity index (χ1v) is 6.06. The molecule has 0 unspecified atom stereocenters. The van der Waals surface area contributed by atoms with Gasteiger partial charge < -0.3 is 0 Å². The lowest BCUT2D eigenvalue weighted by Gasteiger charge is -2.03. The third-order valence-electron chi connectivity index (χ3n) is 3.09. The first kappa shape index (κ1) is 11.4. The lowest BCUT2D eigenvalue weighted by atomic mass is 10.2. The number of nitriles is 1. The van der Waals surface area contributed by atoms with Crippen LogP contribution in [-0.2, 0) is 6.42 Å². The Kier molecular flexibility index (Phi) is 2.73. The maximum absolute atomic E-state index is 9.05. The van der Waals surface area contributed by atoms with Gasteiger partial charge in [0.2, 0.25) is 0 Å². The van der Waals surface area contributed by atoms with Gasteiger partial charge in [-0.15, -0.1) is 0 Å². The summed E-state index contributed by atoms with van der Waals surface area (Å²) >= 11 is 0. The normalized spacial score (nSPS) is 10.5. The molecule has 4 heteroatoms. The van der Waals surface area contributed by atoms with Crippen molar-refractivity contribution in [3.8, 4) is 17.5 Å². The molecular weight excluding hydrogens is 236 g/mol. The van der Waals surface area contributed by atoms with Gasteiger partial charge in [-0.25, -0.2) is 4.98 Å². The minimum absolute atomic E-state index is 0.317. The van der Waals surface area contributed by atoms with Crippen LogP contribution in [0.2, 0.25) is 0 Å². The summed E-state index contributed by atoms with van der Waals surface area (Å²) in [6, 6.07) is 13.8. The number of hydrogen-bond donors (Lipinski definition) is 0. The Hall–Kier alpha value is -2.67. The monoisotopic (exact) mass is 248 g/mol. The molecule has 4 nitrogen and oxygen atoms in total. The Bertz CT molecular complexity index is 766. The molecule has 3 aromatic rings. The molecule has 3 aromatic heterocycles. The van der Waals surface area contributed by atoms with Gasteiger partial charge in [0.15, 0.2) is 0 Å². The van der Waals surface area contributed by atoms with Crippen LogP contribution < -0.4 is 0 Å². The Morgan fingerprint density at radius 2 is 2.11 bits per heavy atom. The van der Waals surface area contributed by atoms with Crippen molar-refractivity contribution in [1.29, 1.82) is 5.26 Å². The van der Waals surface area contributed by atoms with Gasteiger partial charge in [-0.1, -0.05) is 12.1 Å². The highest BCUT2D eigenvalue weighted by Gasteiger charge is 2.15. The molecule has 0 radical (unpaired) electrons. The van der Waals surface area contributed by atoms with Crippen LogP contribution in [0.15, 0.2) is 42.6 Å². The summed E-state index contributed by atoms with van der Waals surface area (Å²) in [7, 11) is 0. The van der Waals surface area contributed by atoms with Crippen LogP contribution in [0.25, 0.3) is 17.0 Å². The van der Waals surface area contributed by atoms with Gasteiger partial charge in [0.25, 0.3) is 0 Å². The van der Waals surface area contributed by atoms with Crippen molar-refractivity contribution in [2.75, 3.05) is 0 Å². The van der Waals surface area contributed by atoms with Crippen molar-refractivity contribution in [1.82, 2.24) is 14.4 Å². The van der Waals surface area contributed by atoms with Crippen molar-refractivity contribution in [2.45, 2.75) is 13.3 Å². The topological polar surface area (TPSA) is 54.0 Å². The number of hydrogen-bond acceptors (Lipinski definition) is 3. The van der Waals surface area contributed by atoms with E-state index in [-0.39, 0.29) is 0 Å². The summed E-state index contributed by atoms with van der Waals surface area (Å²) in [6.45, 7) is 2.01. The van der Waals surface area contributed by atoms with E-state index in [2.05, 4.69) is 16.0 Å². The molecule has 0 atom stereocenters. The standard InChI is InChI=1S/C15H12N4/c1-11-5-4-7-14-18-15(12-6-2-3-10-17-12)13(8-9-16)19(11)14/h2-7,10H,8H2,1H3. The third-order valence-corrected chi connectivity index (χ3v) is 3.09. The Balaban J connectivity index is 2.34. The van der Waals surface area contributed by atoms with E-state index in [4.69, 9.17) is 5.26 Å². The van der Waals surface area contributed by atoms with E-state index in [1.165, 1.54) is 0 Å². The predicted molar refractivity (Wildman–Crippen MR) is 72.5 cm³/mol. The molecule has 0 fully saturated rings. The van der Waals surface area contributed by atoms with Crippen molar-refractivity contribution >= 4 is 5.65 Å². The molecular formula is C15H12N4. The predicted octanol–water partition coefficient (Wildman–Crippen LogP) is 2.77. The average Bonchev–Trinajstić information content (AvgIpc) is 2.81. The summed E-state index contributed by atoms with van der Waals surface area (Å²) < 4.78 is 2.02. The minimum atomic E-state index is 0.317. The number of aryl methyl sites for hydroxylation is 1. The van der Waals surface area contributed by atoms with Crippen molar-refractivity contribution in [2.24, 2.45) is 0 Å². The van der Waals surface area contributed by atoms with Crippen molar-refractivity contribution < 1.29 is 0 Å². The average molecular weight is 248 g/mol. The van der Waals surface area contributed by atoms with Crippen molar-refractivity contribution in [3.63, 3.8) is 0 Å².